The molecule has 1 saturated heterocycles. The molecule has 0 aliphatic carbocycles. The van der Waals surface area contributed by atoms with Gasteiger partial charge < -0.3 is 15.2 Å². The van der Waals surface area contributed by atoms with E-state index in [2.05, 4.69) is 40.2 Å². The number of nitrogens with zero attached hydrogens (tertiary/aromatic N) is 2. The van der Waals surface area contributed by atoms with Crippen LogP contribution in [-0.4, -0.2) is 41.0 Å². The Labute approximate surface area is 107 Å². The predicted molar refractivity (Wildman–Crippen MR) is 74.8 cm³/mol. The van der Waals surface area contributed by atoms with Crippen LogP contribution in [0.15, 0.2) is 24.3 Å². The van der Waals surface area contributed by atoms with E-state index >= 15 is 0 Å². The Morgan fingerprint density at radius 1 is 1.39 bits per heavy atom. The Morgan fingerprint density at radius 2 is 2.22 bits per heavy atom. The van der Waals surface area contributed by atoms with Crippen LogP contribution < -0.4 is 5.32 Å². The first kappa shape index (κ1) is 11.5. The van der Waals surface area contributed by atoms with Gasteiger partial charge in [-0.1, -0.05) is 19.1 Å². The van der Waals surface area contributed by atoms with E-state index in [9.17, 15) is 0 Å². The van der Waals surface area contributed by atoms with Crippen molar-refractivity contribution >= 4 is 17.0 Å². The number of anilines is 1. The summed E-state index contributed by atoms with van der Waals surface area (Å²) in [5.41, 5.74) is 2.13. The van der Waals surface area contributed by atoms with Gasteiger partial charge in [-0.05, 0) is 38.1 Å². The molecule has 1 fully saturated rings. The maximum atomic E-state index is 4.58. The number of hydrogen-bond donors (Lipinski definition) is 2. The van der Waals surface area contributed by atoms with Gasteiger partial charge in [0, 0.05) is 12.6 Å². The number of H-pyrrole nitrogens is 1. The first-order valence-electron chi connectivity index (χ1n) is 6.62. The molecule has 0 radical (unpaired) electrons. The number of likely N-dealkylation sites (tertiary alicyclic amines) is 1. The van der Waals surface area contributed by atoms with Crippen molar-refractivity contribution < 1.29 is 0 Å². The number of rotatable bonds is 2. The van der Waals surface area contributed by atoms with Gasteiger partial charge in [-0.2, -0.15) is 0 Å². The molecule has 1 aliphatic rings. The summed E-state index contributed by atoms with van der Waals surface area (Å²) in [5.74, 6) is 1.55. The largest absolute Gasteiger partial charge is 0.353 e. The van der Waals surface area contributed by atoms with E-state index in [1.807, 2.05) is 18.2 Å². The molecule has 2 N–H and O–H groups in total. The van der Waals surface area contributed by atoms with Gasteiger partial charge in [0.15, 0.2) is 0 Å². The smallest absolute Gasteiger partial charge is 0.201 e. The minimum absolute atomic E-state index is 0.516. The molecule has 0 bridgehead atoms. The van der Waals surface area contributed by atoms with Crippen LogP contribution in [0, 0.1) is 5.92 Å². The van der Waals surface area contributed by atoms with E-state index in [0.717, 1.165) is 30.1 Å². The van der Waals surface area contributed by atoms with Crippen LogP contribution in [0.3, 0.4) is 0 Å². The predicted octanol–water partition coefficient (Wildman–Crippen LogP) is 2.31. The molecule has 1 aromatic heterocycles. The van der Waals surface area contributed by atoms with Gasteiger partial charge in [0.1, 0.15) is 0 Å². The molecule has 2 aromatic rings. The Hall–Kier alpha value is -1.55. The lowest BCUT2D eigenvalue weighted by Crippen LogP contribution is -2.43. The molecule has 3 rings (SSSR count). The highest BCUT2D eigenvalue weighted by atomic mass is 15.2. The number of imidazole rings is 1. The lowest BCUT2D eigenvalue weighted by Gasteiger charge is -2.35. The first-order valence-corrected chi connectivity index (χ1v) is 6.62. The average molecular weight is 244 g/mol. The van der Waals surface area contributed by atoms with Gasteiger partial charge in [0.25, 0.3) is 0 Å². The second kappa shape index (κ2) is 4.61. The Kier molecular flexibility index (Phi) is 2.96. The van der Waals surface area contributed by atoms with Crippen molar-refractivity contribution in [1.82, 2.24) is 14.9 Å². The number of piperidine rings is 1. The van der Waals surface area contributed by atoms with Crippen LogP contribution in [0.5, 0.6) is 0 Å². The standard InChI is InChI=1S/C14H20N4/c1-10-9-18(2)8-7-11(10)15-14-16-12-5-3-4-6-13(12)17-14/h3-6,10-11H,7-9H2,1-2H3,(H2,15,16,17). The summed E-state index contributed by atoms with van der Waals surface area (Å²) in [6.45, 7) is 4.61. The number of aromatic nitrogens is 2. The van der Waals surface area contributed by atoms with Crippen molar-refractivity contribution in [2.24, 2.45) is 5.92 Å². The fraction of sp³-hybridized carbons (Fsp3) is 0.500. The molecule has 0 spiro atoms. The summed E-state index contributed by atoms with van der Waals surface area (Å²) in [5, 5.41) is 3.55. The molecule has 2 atom stereocenters. The maximum Gasteiger partial charge on any atom is 0.201 e. The molecular formula is C14H20N4. The molecule has 4 nitrogen and oxygen atoms in total. The lowest BCUT2D eigenvalue weighted by atomic mass is 9.94. The molecule has 2 unspecified atom stereocenters. The van der Waals surface area contributed by atoms with Gasteiger partial charge in [-0.3, -0.25) is 0 Å². The van der Waals surface area contributed by atoms with E-state index in [-0.39, 0.29) is 0 Å². The minimum Gasteiger partial charge on any atom is -0.353 e. The SMILES string of the molecule is CC1CN(C)CCC1Nc1nc2ccccc2[nH]1. The highest BCUT2D eigenvalue weighted by molar-refractivity contribution is 5.77. The lowest BCUT2D eigenvalue weighted by molar-refractivity contribution is 0.206. The van der Waals surface area contributed by atoms with Crippen molar-refractivity contribution in [3.05, 3.63) is 24.3 Å². The number of aromatic amines is 1. The minimum atomic E-state index is 0.516. The number of fused-ring (bicyclic) bond motifs is 1. The molecule has 1 aliphatic heterocycles. The topological polar surface area (TPSA) is 44.0 Å². The van der Waals surface area contributed by atoms with Gasteiger partial charge in [0.05, 0.1) is 11.0 Å². The van der Waals surface area contributed by atoms with Gasteiger partial charge in [-0.15, -0.1) is 0 Å². The van der Waals surface area contributed by atoms with Crippen LogP contribution in [-0.2, 0) is 0 Å². The van der Waals surface area contributed by atoms with E-state index in [1.165, 1.54) is 6.42 Å². The van der Waals surface area contributed by atoms with E-state index < -0.39 is 0 Å². The molecule has 0 saturated carbocycles. The normalized spacial score (nSPS) is 25.4. The van der Waals surface area contributed by atoms with E-state index in [4.69, 9.17) is 0 Å². The highest BCUT2D eigenvalue weighted by Gasteiger charge is 2.24. The molecule has 4 heteroatoms. The van der Waals surface area contributed by atoms with Gasteiger partial charge in [0.2, 0.25) is 5.95 Å². The zero-order chi connectivity index (χ0) is 12.5. The van der Waals surface area contributed by atoms with E-state index in [1.54, 1.807) is 0 Å². The number of hydrogen-bond acceptors (Lipinski definition) is 3. The molecule has 18 heavy (non-hydrogen) atoms. The second-order valence-electron chi connectivity index (χ2n) is 5.38. The van der Waals surface area contributed by atoms with E-state index in [0.29, 0.717) is 12.0 Å². The number of nitrogens with one attached hydrogen (secondary N) is 2. The summed E-state index contributed by atoms with van der Waals surface area (Å²) < 4.78 is 0. The fourth-order valence-corrected chi connectivity index (χ4v) is 2.77. The average Bonchev–Trinajstić information content (AvgIpc) is 2.75. The van der Waals surface area contributed by atoms with Crippen molar-refractivity contribution in [2.75, 3.05) is 25.5 Å². The van der Waals surface area contributed by atoms with Crippen LogP contribution in [0.25, 0.3) is 11.0 Å². The monoisotopic (exact) mass is 244 g/mol. The van der Waals surface area contributed by atoms with Crippen molar-refractivity contribution in [1.29, 1.82) is 0 Å². The zero-order valence-electron chi connectivity index (χ0n) is 11.0. The third-order valence-corrected chi connectivity index (χ3v) is 3.82. The number of benzene rings is 1. The first-order chi connectivity index (χ1) is 8.72. The van der Waals surface area contributed by atoms with Crippen LogP contribution in [0.1, 0.15) is 13.3 Å². The number of para-hydroxylation sites is 2. The Bertz CT molecular complexity index is 500. The molecular weight excluding hydrogens is 224 g/mol. The second-order valence-corrected chi connectivity index (χ2v) is 5.38. The van der Waals surface area contributed by atoms with Crippen LogP contribution >= 0.6 is 0 Å². The fourth-order valence-electron chi connectivity index (χ4n) is 2.77. The van der Waals surface area contributed by atoms with Crippen LogP contribution in [0.2, 0.25) is 0 Å². The quantitative estimate of drug-likeness (QED) is 0.852. The summed E-state index contributed by atoms with van der Waals surface area (Å²) in [6.07, 6.45) is 1.18. The maximum absolute atomic E-state index is 4.58. The molecule has 1 aromatic carbocycles. The zero-order valence-corrected chi connectivity index (χ0v) is 11.0. The molecule has 0 amide bonds. The van der Waals surface area contributed by atoms with Crippen molar-refractivity contribution in [3.8, 4) is 0 Å². The summed E-state index contributed by atoms with van der Waals surface area (Å²) in [4.78, 5) is 10.3. The van der Waals surface area contributed by atoms with Crippen molar-refractivity contribution in [2.45, 2.75) is 19.4 Å². The van der Waals surface area contributed by atoms with Gasteiger partial charge >= 0.3 is 0 Å². The summed E-state index contributed by atoms with van der Waals surface area (Å²) in [7, 11) is 2.19. The van der Waals surface area contributed by atoms with Crippen molar-refractivity contribution in [3.63, 3.8) is 0 Å². The molecule has 96 valence electrons. The third kappa shape index (κ3) is 2.20. The van der Waals surface area contributed by atoms with Gasteiger partial charge in [-0.25, -0.2) is 4.98 Å². The molecule has 2 heterocycles. The summed E-state index contributed by atoms with van der Waals surface area (Å²) in [6, 6.07) is 8.66. The van der Waals surface area contributed by atoms with Crippen LogP contribution in [0.4, 0.5) is 5.95 Å². The Balaban J connectivity index is 1.75. The highest BCUT2D eigenvalue weighted by Crippen LogP contribution is 2.20. The third-order valence-electron chi connectivity index (χ3n) is 3.82. The Morgan fingerprint density at radius 3 is 3.00 bits per heavy atom. The summed E-state index contributed by atoms with van der Waals surface area (Å²) >= 11 is 0.